The van der Waals surface area contributed by atoms with Crippen molar-refractivity contribution >= 4 is 53.8 Å². The fourth-order valence-electron chi connectivity index (χ4n) is 3.91. The first-order chi connectivity index (χ1) is 16.7. The van der Waals surface area contributed by atoms with Gasteiger partial charge in [0.25, 0.3) is 20.0 Å². The maximum Gasteiger partial charge on any atom is 0.261 e. The van der Waals surface area contributed by atoms with E-state index in [4.69, 9.17) is 16.3 Å². The fourth-order valence-corrected chi connectivity index (χ4v) is 6.42. The van der Waals surface area contributed by atoms with Gasteiger partial charge < -0.3 is 4.74 Å². The number of halogens is 1. The molecule has 0 radical (unpaired) electrons. The molecule has 2 heterocycles. The lowest BCUT2D eigenvalue weighted by Gasteiger charge is -2.28. The lowest BCUT2D eigenvalue weighted by molar-refractivity contribution is 0.175. The van der Waals surface area contributed by atoms with Crippen molar-refractivity contribution in [1.29, 1.82) is 0 Å². The SMILES string of the molecule is O=S(=O)(Nc1ccc(Cl)c(-c2nccc3ccccc23)c1)c1ccc(N2CCOCS2(=O)=O)cc1. The van der Waals surface area contributed by atoms with Gasteiger partial charge in [-0.2, -0.15) is 0 Å². The summed E-state index contributed by atoms with van der Waals surface area (Å²) in [5.41, 5.74) is 1.93. The Balaban J connectivity index is 1.44. The quantitative estimate of drug-likeness (QED) is 0.408. The molecule has 1 aliphatic rings. The summed E-state index contributed by atoms with van der Waals surface area (Å²) in [7, 11) is -7.55. The van der Waals surface area contributed by atoms with Crippen LogP contribution >= 0.6 is 11.6 Å². The Morgan fingerprint density at radius 1 is 1.00 bits per heavy atom. The molecular weight excluding hydrogens is 510 g/mol. The van der Waals surface area contributed by atoms with Gasteiger partial charge in [0.05, 0.1) is 34.5 Å². The van der Waals surface area contributed by atoms with Gasteiger partial charge in [-0.25, -0.2) is 16.8 Å². The number of nitrogens with zero attached hydrogens (tertiary/aromatic N) is 2. The molecule has 0 unspecified atom stereocenters. The van der Waals surface area contributed by atoms with Gasteiger partial charge in [-0.05, 0) is 53.9 Å². The molecule has 0 bridgehead atoms. The fraction of sp³-hybridized carbons (Fsp3) is 0.125. The predicted molar refractivity (Wildman–Crippen MR) is 137 cm³/mol. The zero-order valence-electron chi connectivity index (χ0n) is 18.3. The highest BCUT2D eigenvalue weighted by atomic mass is 35.5. The molecule has 8 nitrogen and oxygen atoms in total. The van der Waals surface area contributed by atoms with Gasteiger partial charge in [0.2, 0.25) is 0 Å². The molecule has 3 aromatic carbocycles. The second-order valence-corrected chi connectivity index (χ2v) is 11.8. The van der Waals surface area contributed by atoms with Crippen LogP contribution in [0.4, 0.5) is 11.4 Å². The van der Waals surface area contributed by atoms with E-state index in [0.717, 1.165) is 10.8 Å². The molecule has 0 atom stereocenters. The largest absolute Gasteiger partial charge is 0.362 e. The van der Waals surface area contributed by atoms with E-state index in [1.54, 1.807) is 24.4 Å². The normalized spacial score (nSPS) is 15.7. The highest BCUT2D eigenvalue weighted by Gasteiger charge is 2.27. The Morgan fingerprint density at radius 3 is 2.54 bits per heavy atom. The molecule has 0 spiro atoms. The van der Waals surface area contributed by atoms with E-state index in [0.29, 0.717) is 27.7 Å². The number of benzene rings is 3. The van der Waals surface area contributed by atoms with Crippen LogP contribution in [0, 0.1) is 0 Å². The maximum atomic E-state index is 13.1. The number of pyridine rings is 1. The van der Waals surface area contributed by atoms with E-state index in [1.807, 2.05) is 30.3 Å². The number of nitrogens with one attached hydrogen (secondary N) is 1. The van der Waals surface area contributed by atoms with Gasteiger partial charge in [-0.3, -0.25) is 14.0 Å². The monoisotopic (exact) mass is 529 g/mol. The van der Waals surface area contributed by atoms with E-state index in [9.17, 15) is 16.8 Å². The molecule has 1 aromatic heterocycles. The molecule has 35 heavy (non-hydrogen) atoms. The predicted octanol–water partition coefficient (Wildman–Crippen LogP) is 4.48. The third kappa shape index (κ3) is 4.70. The Labute approximate surface area is 208 Å². The minimum absolute atomic E-state index is 0.00769. The minimum atomic E-state index is -3.95. The molecule has 0 aliphatic carbocycles. The summed E-state index contributed by atoms with van der Waals surface area (Å²) in [5.74, 6) is -0.404. The van der Waals surface area contributed by atoms with Crippen molar-refractivity contribution in [3.05, 3.63) is 84.0 Å². The molecule has 0 saturated carbocycles. The second kappa shape index (κ2) is 9.12. The third-order valence-corrected chi connectivity index (χ3v) is 8.85. The summed E-state index contributed by atoms with van der Waals surface area (Å²) in [6.07, 6.45) is 1.68. The van der Waals surface area contributed by atoms with Crippen LogP contribution < -0.4 is 9.03 Å². The van der Waals surface area contributed by atoms with Gasteiger partial charge in [0.15, 0.2) is 5.94 Å². The van der Waals surface area contributed by atoms with Gasteiger partial charge >= 0.3 is 0 Å². The topological polar surface area (TPSA) is 106 Å². The summed E-state index contributed by atoms with van der Waals surface area (Å²) in [6.45, 7) is 0.438. The standard InChI is InChI=1S/C24H20ClN3O5S2/c25-23-10-5-18(15-22(23)24-21-4-2-1-3-17(21)11-12-26-24)27-35(31,32)20-8-6-19(7-9-20)28-13-14-33-16-34(28,29)30/h1-12,15,27H,13-14,16H2. The highest BCUT2D eigenvalue weighted by molar-refractivity contribution is 7.93. The number of rotatable bonds is 5. The first kappa shape index (κ1) is 23.6. The van der Waals surface area contributed by atoms with Crippen LogP contribution in [0.3, 0.4) is 0 Å². The van der Waals surface area contributed by atoms with Crippen LogP contribution in [0.1, 0.15) is 0 Å². The molecule has 1 saturated heterocycles. The Bertz CT molecular complexity index is 1620. The van der Waals surface area contributed by atoms with Gasteiger partial charge in [0.1, 0.15) is 0 Å². The molecule has 1 N–H and O–H groups in total. The number of aromatic nitrogens is 1. The summed E-state index contributed by atoms with van der Waals surface area (Å²) < 4.78 is 59.3. The van der Waals surface area contributed by atoms with Crippen LogP contribution in [0.5, 0.6) is 0 Å². The van der Waals surface area contributed by atoms with Crippen LogP contribution in [-0.4, -0.2) is 40.9 Å². The number of anilines is 2. The van der Waals surface area contributed by atoms with Crippen molar-refractivity contribution in [1.82, 2.24) is 4.98 Å². The van der Waals surface area contributed by atoms with Gasteiger partial charge in [-0.15, -0.1) is 0 Å². The van der Waals surface area contributed by atoms with Crippen molar-refractivity contribution in [2.75, 3.05) is 28.1 Å². The molecule has 1 fully saturated rings. The molecule has 4 aromatic rings. The van der Waals surface area contributed by atoms with Crippen LogP contribution in [0.15, 0.2) is 83.9 Å². The Kier molecular flexibility index (Phi) is 6.14. The Morgan fingerprint density at radius 2 is 1.77 bits per heavy atom. The molecule has 1 aliphatic heterocycles. The van der Waals surface area contributed by atoms with Crippen molar-refractivity contribution in [3.63, 3.8) is 0 Å². The lowest BCUT2D eigenvalue weighted by atomic mass is 10.0. The number of sulfonamides is 2. The summed E-state index contributed by atoms with van der Waals surface area (Å²) in [6, 6.07) is 20.1. The molecule has 180 valence electrons. The lowest BCUT2D eigenvalue weighted by Crippen LogP contribution is -2.41. The van der Waals surface area contributed by atoms with E-state index in [2.05, 4.69) is 9.71 Å². The van der Waals surface area contributed by atoms with Crippen LogP contribution in [-0.2, 0) is 24.8 Å². The number of hydrogen-bond donors (Lipinski definition) is 1. The molecule has 11 heteroatoms. The van der Waals surface area contributed by atoms with E-state index in [1.165, 1.54) is 28.6 Å². The van der Waals surface area contributed by atoms with Crippen LogP contribution in [0.2, 0.25) is 5.02 Å². The third-order valence-electron chi connectivity index (χ3n) is 5.59. The van der Waals surface area contributed by atoms with Crippen molar-refractivity contribution in [2.24, 2.45) is 0 Å². The van der Waals surface area contributed by atoms with E-state index in [-0.39, 0.29) is 18.0 Å². The highest BCUT2D eigenvalue weighted by Crippen LogP contribution is 2.34. The summed E-state index contributed by atoms with van der Waals surface area (Å²) in [4.78, 5) is 4.47. The zero-order chi connectivity index (χ0) is 24.6. The first-order valence-electron chi connectivity index (χ1n) is 10.6. The Hall–Kier alpha value is -3.18. The number of fused-ring (bicyclic) bond motifs is 1. The average molecular weight is 530 g/mol. The van der Waals surface area contributed by atoms with E-state index < -0.39 is 26.0 Å². The van der Waals surface area contributed by atoms with E-state index >= 15 is 0 Å². The van der Waals surface area contributed by atoms with Gasteiger partial charge in [0, 0.05) is 22.8 Å². The van der Waals surface area contributed by atoms with Crippen molar-refractivity contribution < 1.29 is 21.6 Å². The summed E-state index contributed by atoms with van der Waals surface area (Å²) >= 11 is 6.45. The average Bonchev–Trinajstić information content (AvgIpc) is 2.85. The first-order valence-corrected chi connectivity index (χ1v) is 14.1. The maximum absolute atomic E-state index is 13.1. The van der Waals surface area contributed by atoms with Gasteiger partial charge in [-0.1, -0.05) is 35.9 Å². The second-order valence-electron chi connectivity index (χ2n) is 7.88. The van der Waals surface area contributed by atoms with Crippen LogP contribution in [0.25, 0.3) is 22.0 Å². The molecule has 0 amide bonds. The van der Waals surface area contributed by atoms with Crippen molar-refractivity contribution in [3.8, 4) is 11.3 Å². The number of ether oxygens (including phenoxy) is 1. The number of hydrogen-bond acceptors (Lipinski definition) is 6. The molecular formula is C24H20ClN3O5S2. The minimum Gasteiger partial charge on any atom is -0.362 e. The zero-order valence-corrected chi connectivity index (χ0v) is 20.6. The summed E-state index contributed by atoms with van der Waals surface area (Å²) in [5, 5.41) is 2.32. The molecule has 5 rings (SSSR count). The smallest absolute Gasteiger partial charge is 0.261 e. The van der Waals surface area contributed by atoms with Crippen molar-refractivity contribution in [2.45, 2.75) is 4.90 Å².